The zero-order valence-corrected chi connectivity index (χ0v) is 15.8. The van der Waals surface area contributed by atoms with Crippen molar-refractivity contribution in [1.82, 2.24) is 4.90 Å². The van der Waals surface area contributed by atoms with Crippen LogP contribution < -0.4 is 4.90 Å². The number of ketones is 1. The first-order valence-electron chi connectivity index (χ1n) is 8.53. The molecule has 1 aliphatic heterocycles. The third-order valence-electron chi connectivity index (χ3n) is 4.17. The van der Waals surface area contributed by atoms with Crippen LogP contribution in [0.2, 0.25) is 0 Å². The summed E-state index contributed by atoms with van der Waals surface area (Å²) in [6.07, 6.45) is -0.383. The third-order valence-corrected chi connectivity index (χ3v) is 4.17. The predicted octanol–water partition coefficient (Wildman–Crippen LogP) is 3.24. The highest BCUT2D eigenvalue weighted by atomic mass is 16.6. The maximum Gasteiger partial charge on any atom is 0.410 e. The van der Waals surface area contributed by atoms with Crippen LogP contribution in [0.15, 0.2) is 18.2 Å². The Morgan fingerprint density at radius 2 is 1.92 bits per heavy atom. The number of anilines is 1. The standard InChI is InChI=1S/C18H25N3O5/c1-12-11-19(8-9-20(12)17(23)26-18(3,4)5)15-7-6-14(13(2)22)10-16(15)21(24)25/h6-7,10,12H,8-9,11H2,1-5H3/t12-/m1/s1. The molecule has 1 saturated heterocycles. The van der Waals surface area contributed by atoms with Crippen molar-refractivity contribution >= 4 is 23.3 Å². The van der Waals surface area contributed by atoms with Crippen LogP contribution in [-0.2, 0) is 4.74 Å². The highest BCUT2D eigenvalue weighted by Crippen LogP contribution is 2.31. The molecule has 0 N–H and O–H groups in total. The average molecular weight is 363 g/mol. The van der Waals surface area contributed by atoms with Crippen molar-refractivity contribution in [2.45, 2.75) is 46.3 Å². The van der Waals surface area contributed by atoms with Crippen LogP contribution in [0, 0.1) is 10.1 Å². The first-order chi connectivity index (χ1) is 12.0. The van der Waals surface area contributed by atoms with E-state index in [1.54, 1.807) is 17.0 Å². The third kappa shape index (κ3) is 4.50. The summed E-state index contributed by atoms with van der Waals surface area (Å²) in [6, 6.07) is 4.34. The van der Waals surface area contributed by atoms with Gasteiger partial charge in [0, 0.05) is 37.3 Å². The SMILES string of the molecule is CC(=O)c1ccc(N2CCN(C(=O)OC(C)(C)C)[C@H](C)C2)c([N+](=O)[O-])c1. The van der Waals surface area contributed by atoms with Gasteiger partial charge in [-0.1, -0.05) is 0 Å². The Hall–Kier alpha value is -2.64. The summed E-state index contributed by atoms with van der Waals surface area (Å²) in [7, 11) is 0. The van der Waals surface area contributed by atoms with Crippen LogP contribution >= 0.6 is 0 Å². The van der Waals surface area contributed by atoms with Gasteiger partial charge >= 0.3 is 6.09 Å². The topological polar surface area (TPSA) is 93.0 Å². The van der Waals surface area contributed by atoms with E-state index < -0.39 is 10.5 Å². The van der Waals surface area contributed by atoms with Crippen molar-refractivity contribution in [3.05, 3.63) is 33.9 Å². The molecule has 0 spiro atoms. The summed E-state index contributed by atoms with van der Waals surface area (Å²) >= 11 is 0. The molecule has 2 rings (SSSR count). The molecule has 0 aliphatic carbocycles. The number of Topliss-reactive ketones (excluding diaryl/α,β-unsaturated/α-hetero) is 1. The highest BCUT2D eigenvalue weighted by Gasteiger charge is 2.33. The lowest BCUT2D eigenvalue weighted by molar-refractivity contribution is -0.384. The quantitative estimate of drug-likeness (QED) is 0.465. The Kier molecular flexibility index (Phi) is 5.53. The van der Waals surface area contributed by atoms with Crippen molar-refractivity contribution in [3.8, 4) is 0 Å². The Balaban J connectivity index is 2.19. The van der Waals surface area contributed by atoms with E-state index in [1.165, 1.54) is 13.0 Å². The first-order valence-corrected chi connectivity index (χ1v) is 8.53. The smallest absolute Gasteiger partial charge is 0.410 e. The predicted molar refractivity (Wildman–Crippen MR) is 97.7 cm³/mol. The molecule has 1 aromatic carbocycles. The largest absolute Gasteiger partial charge is 0.444 e. The number of nitro groups is 1. The van der Waals surface area contributed by atoms with Crippen molar-refractivity contribution < 1.29 is 19.2 Å². The number of hydrogen-bond donors (Lipinski definition) is 0. The van der Waals surface area contributed by atoms with Crippen LogP contribution in [0.25, 0.3) is 0 Å². The molecule has 0 bridgehead atoms. The molecule has 0 radical (unpaired) electrons. The zero-order chi connectivity index (χ0) is 19.6. The number of ether oxygens (including phenoxy) is 1. The second kappa shape index (κ2) is 7.31. The van der Waals surface area contributed by atoms with E-state index in [-0.39, 0.29) is 23.6 Å². The molecule has 1 fully saturated rings. The average Bonchev–Trinajstić information content (AvgIpc) is 2.52. The van der Waals surface area contributed by atoms with E-state index in [0.717, 1.165) is 0 Å². The number of benzene rings is 1. The Morgan fingerprint density at radius 1 is 1.27 bits per heavy atom. The molecule has 142 valence electrons. The van der Waals surface area contributed by atoms with Gasteiger partial charge in [-0.15, -0.1) is 0 Å². The normalized spacial score (nSPS) is 17.8. The van der Waals surface area contributed by atoms with Crippen LogP contribution in [-0.4, -0.2) is 53.0 Å². The fourth-order valence-corrected chi connectivity index (χ4v) is 2.92. The lowest BCUT2D eigenvalue weighted by Crippen LogP contribution is -2.55. The Morgan fingerprint density at radius 3 is 2.42 bits per heavy atom. The molecule has 1 heterocycles. The maximum absolute atomic E-state index is 12.3. The van der Waals surface area contributed by atoms with E-state index in [1.807, 2.05) is 32.6 Å². The molecule has 1 aliphatic rings. The summed E-state index contributed by atoms with van der Waals surface area (Å²) in [5.74, 6) is -0.220. The van der Waals surface area contributed by atoms with E-state index in [0.29, 0.717) is 30.9 Å². The van der Waals surface area contributed by atoms with E-state index in [9.17, 15) is 19.7 Å². The highest BCUT2D eigenvalue weighted by molar-refractivity contribution is 5.95. The number of carbonyl (C=O) groups excluding carboxylic acids is 2. The van der Waals surface area contributed by atoms with Gasteiger partial charge in [-0.2, -0.15) is 0 Å². The molecule has 1 atom stereocenters. The van der Waals surface area contributed by atoms with Gasteiger partial charge in [0.1, 0.15) is 11.3 Å². The molecule has 8 heteroatoms. The lowest BCUT2D eigenvalue weighted by atomic mass is 10.1. The first kappa shape index (κ1) is 19.7. The van der Waals surface area contributed by atoms with Gasteiger partial charge in [-0.05, 0) is 46.8 Å². The van der Waals surface area contributed by atoms with Crippen LogP contribution in [0.4, 0.5) is 16.2 Å². The molecule has 8 nitrogen and oxygen atoms in total. The molecule has 0 unspecified atom stereocenters. The summed E-state index contributed by atoms with van der Waals surface area (Å²) < 4.78 is 5.42. The number of carbonyl (C=O) groups is 2. The van der Waals surface area contributed by atoms with Gasteiger partial charge in [0.2, 0.25) is 0 Å². The van der Waals surface area contributed by atoms with Gasteiger partial charge in [-0.25, -0.2) is 4.79 Å². The van der Waals surface area contributed by atoms with Crippen molar-refractivity contribution in [2.24, 2.45) is 0 Å². The molecule has 1 aromatic rings. The van der Waals surface area contributed by atoms with E-state index in [4.69, 9.17) is 4.74 Å². The number of nitrogens with zero attached hydrogens (tertiary/aromatic N) is 3. The maximum atomic E-state index is 12.3. The summed E-state index contributed by atoms with van der Waals surface area (Å²) in [6.45, 7) is 9.99. The van der Waals surface area contributed by atoms with Crippen molar-refractivity contribution in [1.29, 1.82) is 0 Å². The fraction of sp³-hybridized carbons (Fsp3) is 0.556. The van der Waals surface area contributed by atoms with Crippen molar-refractivity contribution in [3.63, 3.8) is 0 Å². The minimum Gasteiger partial charge on any atom is -0.444 e. The minimum absolute atomic E-state index is 0.101. The summed E-state index contributed by atoms with van der Waals surface area (Å²) in [5, 5.41) is 11.4. The Bertz CT molecular complexity index is 726. The number of hydrogen-bond acceptors (Lipinski definition) is 6. The summed E-state index contributed by atoms with van der Waals surface area (Å²) in [4.78, 5) is 38.3. The van der Waals surface area contributed by atoms with Crippen LogP contribution in [0.5, 0.6) is 0 Å². The second-order valence-electron chi connectivity index (χ2n) is 7.49. The molecule has 26 heavy (non-hydrogen) atoms. The lowest BCUT2D eigenvalue weighted by Gasteiger charge is -2.41. The minimum atomic E-state index is -0.574. The molecule has 1 amide bonds. The van der Waals surface area contributed by atoms with Gasteiger partial charge in [0.25, 0.3) is 5.69 Å². The van der Waals surface area contributed by atoms with Gasteiger partial charge < -0.3 is 14.5 Å². The fourth-order valence-electron chi connectivity index (χ4n) is 2.92. The van der Waals surface area contributed by atoms with E-state index >= 15 is 0 Å². The number of rotatable bonds is 3. The Labute approximate surface area is 152 Å². The molecule has 0 saturated carbocycles. The van der Waals surface area contributed by atoms with Gasteiger partial charge in [-0.3, -0.25) is 14.9 Å². The van der Waals surface area contributed by atoms with Crippen LogP contribution in [0.1, 0.15) is 45.0 Å². The van der Waals surface area contributed by atoms with Crippen molar-refractivity contribution in [2.75, 3.05) is 24.5 Å². The summed E-state index contributed by atoms with van der Waals surface area (Å²) in [5.41, 5.74) is 0.0853. The number of piperazine rings is 1. The van der Waals surface area contributed by atoms with Crippen LogP contribution in [0.3, 0.4) is 0 Å². The number of nitro benzene ring substituents is 1. The molecular formula is C18H25N3O5. The zero-order valence-electron chi connectivity index (χ0n) is 15.8. The second-order valence-corrected chi connectivity index (χ2v) is 7.49. The van der Waals surface area contributed by atoms with Gasteiger partial charge in [0.15, 0.2) is 5.78 Å². The number of amides is 1. The molecular weight excluding hydrogens is 338 g/mol. The van der Waals surface area contributed by atoms with E-state index in [2.05, 4.69) is 0 Å². The van der Waals surface area contributed by atoms with Gasteiger partial charge in [0.05, 0.1) is 4.92 Å². The monoisotopic (exact) mass is 363 g/mol. The molecule has 0 aromatic heterocycles.